The van der Waals surface area contributed by atoms with E-state index in [-0.39, 0.29) is 0 Å². The van der Waals surface area contributed by atoms with Gasteiger partial charge in [0.05, 0.1) is 12.5 Å². The van der Waals surface area contributed by atoms with Gasteiger partial charge in [0, 0.05) is 18.0 Å². The number of aliphatic hydroxyl groups excluding tert-OH is 2. The van der Waals surface area contributed by atoms with Crippen LogP contribution in [0.15, 0.2) is 18.5 Å². The molecule has 15 heavy (non-hydrogen) atoms. The first-order valence-electron chi connectivity index (χ1n) is 4.51. The SMILES string of the molecule is Cc1ccncc1C(O)C(O)CC(=O)O. The van der Waals surface area contributed by atoms with Crippen molar-refractivity contribution in [1.82, 2.24) is 4.98 Å². The molecular formula is C10H13NO4. The lowest BCUT2D eigenvalue weighted by atomic mass is 10.0. The van der Waals surface area contributed by atoms with Gasteiger partial charge in [-0.3, -0.25) is 9.78 Å². The number of rotatable bonds is 4. The van der Waals surface area contributed by atoms with Gasteiger partial charge in [0.1, 0.15) is 6.10 Å². The van der Waals surface area contributed by atoms with Crippen LogP contribution in [-0.4, -0.2) is 32.4 Å². The van der Waals surface area contributed by atoms with Gasteiger partial charge in [-0.1, -0.05) is 0 Å². The molecule has 0 aliphatic heterocycles. The maximum absolute atomic E-state index is 10.3. The highest BCUT2D eigenvalue weighted by Crippen LogP contribution is 2.21. The van der Waals surface area contributed by atoms with Gasteiger partial charge in [0.25, 0.3) is 0 Å². The number of carboxylic acids is 1. The Kier molecular flexibility index (Phi) is 3.76. The number of carbonyl (C=O) groups is 1. The maximum atomic E-state index is 10.3. The number of hydrogen-bond acceptors (Lipinski definition) is 4. The zero-order valence-corrected chi connectivity index (χ0v) is 8.29. The number of aliphatic hydroxyl groups is 2. The van der Waals surface area contributed by atoms with Crippen molar-refractivity contribution >= 4 is 5.97 Å². The van der Waals surface area contributed by atoms with Crippen LogP contribution < -0.4 is 0 Å². The van der Waals surface area contributed by atoms with Crippen molar-refractivity contribution < 1.29 is 20.1 Å². The number of carboxylic acid groups (broad SMARTS) is 1. The monoisotopic (exact) mass is 211 g/mol. The predicted molar refractivity (Wildman–Crippen MR) is 52.2 cm³/mol. The van der Waals surface area contributed by atoms with Gasteiger partial charge in [0.2, 0.25) is 0 Å². The summed E-state index contributed by atoms with van der Waals surface area (Å²) < 4.78 is 0. The summed E-state index contributed by atoms with van der Waals surface area (Å²) in [5.74, 6) is -1.15. The summed E-state index contributed by atoms with van der Waals surface area (Å²) in [5.41, 5.74) is 1.22. The molecule has 0 bridgehead atoms. The minimum absolute atomic E-state index is 0.450. The van der Waals surface area contributed by atoms with E-state index in [1.807, 2.05) is 0 Å². The summed E-state index contributed by atoms with van der Waals surface area (Å²) in [6.07, 6.45) is -0.0319. The molecule has 0 saturated heterocycles. The number of pyridine rings is 1. The minimum Gasteiger partial charge on any atom is -0.481 e. The average molecular weight is 211 g/mol. The summed E-state index contributed by atoms with van der Waals surface area (Å²) in [7, 11) is 0. The molecule has 1 rings (SSSR count). The third kappa shape index (κ3) is 3.00. The molecule has 0 saturated carbocycles. The molecule has 3 N–H and O–H groups in total. The Balaban J connectivity index is 2.80. The molecule has 0 radical (unpaired) electrons. The van der Waals surface area contributed by atoms with Crippen molar-refractivity contribution in [3.05, 3.63) is 29.6 Å². The quantitative estimate of drug-likeness (QED) is 0.664. The minimum atomic E-state index is -1.31. The highest BCUT2D eigenvalue weighted by atomic mass is 16.4. The molecule has 2 unspecified atom stereocenters. The van der Waals surface area contributed by atoms with Crippen LogP contribution in [-0.2, 0) is 4.79 Å². The van der Waals surface area contributed by atoms with Crippen molar-refractivity contribution in [2.75, 3.05) is 0 Å². The first kappa shape index (κ1) is 11.6. The molecular weight excluding hydrogens is 198 g/mol. The Morgan fingerprint density at radius 2 is 2.20 bits per heavy atom. The van der Waals surface area contributed by atoms with Gasteiger partial charge in [0.15, 0.2) is 0 Å². The first-order chi connectivity index (χ1) is 7.02. The first-order valence-corrected chi connectivity index (χ1v) is 4.51. The van der Waals surface area contributed by atoms with Crippen LogP contribution >= 0.6 is 0 Å². The fraction of sp³-hybridized carbons (Fsp3) is 0.400. The zero-order chi connectivity index (χ0) is 11.4. The van der Waals surface area contributed by atoms with Gasteiger partial charge in [-0.15, -0.1) is 0 Å². The fourth-order valence-electron chi connectivity index (χ4n) is 1.28. The van der Waals surface area contributed by atoms with E-state index in [0.29, 0.717) is 5.56 Å². The van der Waals surface area contributed by atoms with Crippen LogP contribution in [0.5, 0.6) is 0 Å². The van der Waals surface area contributed by atoms with Gasteiger partial charge < -0.3 is 15.3 Å². The molecule has 0 aliphatic rings. The molecule has 1 aromatic heterocycles. The zero-order valence-electron chi connectivity index (χ0n) is 8.29. The Labute approximate surface area is 87.0 Å². The standard InChI is InChI=1S/C10H13NO4/c1-6-2-3-11-5-7(6)10(15)8(12)4-9(13)14/h2-3,5,8,10,12,15H,4H2,1H3,(H,13,14). The molecule has 0 aliphatic carbocycles. The van der Waals surface area contributed by atoms with Crippen LogP contribution in [0.2, 0.25) is 0 Å². The van der Waals surface area contributed by atoms with E-state index in [9.17, 15) is 15.0 Å². The molecule has 82 valence electrons. The van der Waals surface area contributed by atoms with Crippen LogP contribution in [0.25, 0.3) is 0 Å². The highest BCUT2D eigenvalue weighted by Gasteiger charge is 2.22. The van der Waals surface area contributed by atoms with Gasteiger partial charge in [-0.05, 0) is 18.6 Å². The Hall–Kier alpha value is -1.46. The van der Waals surface area contributed by atoms with E-state index in [0.717, 1.165) is 5.56 Å². The molecule has 5 nitrogen and oxygen atoms in total. The molecule has 0 aromatic carbocycles. The van der Waals surface area contributed by atoms with E-state index < -0.39 is 24.6 Å². The lowest BCUT2D eigenvalue weighted by molar-refractivity contribution is -0.141. The third-order valence-electron chi connectivity index (χ3n) is 2.15. The summed E-state index contributed by atoms with van der Waals surface area (Å²) in [6.45, 7) is 1.76. The average Bonchev–Trinajstić information content (AvgIpc) is 2.16. The van der Waals surface area contributed by atoms with Crippen molar-refractivity contribution in [1.29, 1.82) is 0 Å². The molecule has 1 aromatic rings. The van der Waals surface area contributed by atoms with Crippen molar-refractivity contribution in [2.45, 2.75) is 25.6 Å². The Morgan fingerprint density at radius 1 is 1.53 bits per heavy atom. The normalized spacial score (nSPS) is 14.6. The summed E-state index contributed by atoms with van der Waals surface area (Å²) in [6, 6.07) is 1.69. The lowest BCUT2D eigenvalue weighted by Crippen LogP contribution is -2.22. The van der Waals surface area contributed by atoms with E-state index in [1.54, 1.807) is 19.2 Å². The van der Waals surface area contributed by atoms with E-state index >= 15 is 0 Å². The fourth-order valence-corrected chi connectivity index (χ4v) is 1.28. The summed E-state index contributed by atoms with van der Waals surface area (Å²) >= 11 is 0. The number of aromatic nitrogens is 1. The largest absolute Gasteiger partial charge is 0.481 e. The Morgan fingerprint density at radius 3 is 2.73 bits per heavy atom. The van der Waals surface area contributed by atoms with Crippen LogP contribution in [0, 0.1) is 6.92 Å². The maximum Gasteiger partial charge on any atom is 0.306 e. The van der Waals surface area contributed by atoms with Crippen LogP contribution in [0.3, 0.4) is 0 Å². The van der Waals surface area contributed by atoms with Crippen molar-refractivity contribution in [2.24, 2.45) is 0 Å². The smallest absolute Gasteiger partial charge is 0.306 e. The van der Waals surface area contributed by atoms with Crippen LogP contribution in [0.1, 0.15) is 23.7 Å². The predicted octanol–water partition coefficient (Wildman–Crippen LogP) is 0.259. The molecule has 5 heteroatoms. The second kappa shape index (κ2) is 4.86. The van der Waals surface area contributed by atoms with Gasteiger partial charge in [-0.25, -0.2) is 0 Å². The summed E-state index contributed by atoms with van der Waals surface area (Å²) in [4.78, 5) is 14.2. The Bertz CT molecular complexity index is 353. The summed E-state index contributed by atoms with van der Waals surface area (Å²) in [5, 5.41) is 27.5. The number of aryl methyl sites for hydroxylation is 1. The molecule has 0 fully saturated rings. The highest BCUT2D eigenvalue weighted by molar-refractivity contribution is 5.67. The van der Waals surface area contributed by atoms with E-state index in [1.165, 1.54) is 6.20 Å². The molecule has 0 spiro atoms. The molecule has 0 amide bonds. The molecule has 2 atom stereocenters. The topological polar surface area (TPSA) is 90.7 Å². The number of nitrogens with zero attached hydrogens (tertiary/aromatic N) is 1. The van der Waals surface area contributed by atoms with Crippen LogP contribution in [0.4, 0.5) is 0 Å². The molecule has 1 heterocycles. The van der Waals surface area contributed by atoms with E-state index in [4.69, 9.17) is 5.11 Å². The van der Waals surface area contributed by atoms with Crippen molar-refractivity contribution in [3.8, 4) is 0 Å². The van der Waals surface area contributed by atoms with Gasteiger partial charge >= 0.3 is 5.97 Å². The van der Waals surface area contributed by atoms with Crippen molar-refractivity contribution in [3.63, 3.8) is 0 Å². The second-order valence-corrected chi connectivity index (χ2v) is 3.34. The lowest BCUT2D eigenvalue weighted by Gasteiger charge is -2.17. The van der Waals surface area contributed by atoms with E-state index in [2.05, 4.69) is 4.98 Å². The van der Waals surface area contributed by atoms with Gasteiger partial charge in [-0.2, -0.15) is 0 Å². The number of hydrogen-bond donors (Lipinski definition) is 3. The number of aliphatic carboxylic acids is 1. The third-order valence-corrected chi connectivity index (χ3v) is 2.15. The second-order valence-electron chi connectivity index (χ2n) is 3.34.